The highest BCUT2D eigenvalue weighted by molar-refractivity contribution is 7.89. The van der Waals surface area contributed by atoms with E-state index in [0.29, 0.717) is 6.42 Å². The molecule has 1 aromatic carbocycles. The third-order valence-corrected chi connectivity index (χ3v) is 5.65. The van der Waals surface area contributed by atoms with Gasteiger partial charge in [-0.1, -0.05) is 30.3 Å². The fourth-order valence-electron chi connectivity index (χ4n) is 2.43. The molecule has 0 aliphatic carbocycles. The highest BCUT2D eigenvalue weighted by atomic mass is 32.2. The Bertz CT molecular complexity index is 481. The van der Waals surface area contributed by atoms with Gasteiger partial charge in [0.25, 0.3) is 0 Å². The highest BCUT2D eigenvalue weighted by Crippen LogP contribution is 2.15. The first-order valence-electron chi connectivity index (χ1n) is 6.80. The van der Waals surface area contributed by atoms with E-state index in [1.165, 1.54) is 0 Å². The molecule has 0 radical (unpaired) electrons. The van der Waals surface area contributed by atoms with Crippen molar-refractivity contribution in [3.63, 3.8) is 0 Å². The predicted octanol–water partition coefficient (Wildman–Crippen LogP) is 1.24. The summed E-state index contributed by atoms with van der Waals surface area (Å²) in [6.45, 7) is 1.81. The SMILES string of the molecule is CN(C1CCNCC1)S(=O)(=O)CCc1ccccc1. The van der Waals surface area contributed by atoms with E-state index in [9.17, 15) is 8.42 Å². The van der Waals surface area contributed by atoms with Gasteiger partial charge in [0.15, 0.2) is 0 Å². The molecule has 1 N–H and O–H groups in total. The summed E-state index contributed by atoms with van der Waals surface area (Å²) in [6.07, 6.45) is 2.39. The summed E-state index contributed by atoms with van der Waals surface area (Å²) >= 11 is 0. The Morgan fingerprint density at radius 2 is 1.84 bits per heavy atom. The Balaban J connectivity index is 1.93. The Morgan fingerprint density at radius 3 is 2.47 bits per heavy atom. The van der Waals surface area contributed by atoms with Gasteiger partial charge in [-0.05, 0) is 37.9 Å². The van der Waals surface area contributed by atoms with Crippen LogP contribution in [0.15, 0.2) is 30.3 Å². The Labute approximate surface area is 115 Å². The van der Waals surface area contributed by atoms with Gasteiger partial charge in [0.2, 0.25) is 10.0 Å². The molecule has 0 amide bonds. The number of hydrogen-bond donors (Lipinski definition) is 1. The quantitative estimate of drug-likeness (QED) is 0.884. The standard InChI is InChI=1S/C14H22N2O2S/c1-16(14-7-10-15-11-8-14)19(17,18)12-9-13-5-3-2-4-6-13/h2-6,14-15H,7-12H2,1H3. The molecule has 0 atom stereocenters. The Kier molecular flexibility index (Phi) is 4.96. The van der Waals surface area contributed by atoms with Crippen molar-refractivity contribution < 1.29 is 8.42 Å². The van der Waals surface area contributed by atoms with E-state index in [1.54, 1.807) is 11.4 Å². The van der Waals surface area contributed by atoms with Crippen molar-refractivity contribution in [1.29, 1.82) is 0 Å². The first kappa shape index (κ1) is 14.5. The van der Waals surface area contributed by atoms with E-state index in [1.807, 2.05) is 30.3 Å². The minimum Gasteiger partial charge on any atom is -0.317 e. The molecule has 2 rings (SSSR count). The summed E-state index contributed by atoms with van der Waals surface area (Å²) in [5.41, 5.74) is 1.07. The van der Waals surface area contributed by atoms with E-state index < -0.39 is 10.0 Å². The molecular weight excluding hydrogens is 260 g/mol. The zero-order valence-electron chi connectivity index (χ0n) is 11.4. The van der Waals surface area contributed by atoms with Gasteiger partial charge in [-0.25, -0.2) is 12.7 Å². The molecule has 0 saturated carbocycles. The number of nitrogens with one attached hydrogen (secondary N) is 1. The molecule has 5 heteroatoms. The van der Waals surface area contributed by atoms with Crippen LogP contribution in [0.4, 0.5) is 0 Å². The minimum atomic E-state index is -3.15. The average Bonchev–Trinajstić information content (AvgIpc) is 2.46. The van der Waals surface area contributed by atoms with Crippen molar-refractivity contribution in [3.05, 3.63) is 35.9 Å². The maximum absolute atomic E-state index is 12.3. The third kappa shape index (κ3) is 4.03. The van der Waals surface area contributed by atoms with Crippen LogP contribution in [0.5, 0.6) is 0 Å². The van der Waals surface area contributed by atoms with E-state index in [2.05, 4.69) is 5.32 Å². The second-order valence-electron chi connectivity index (χ2n) is 5.05. The molecular formula is C14H22N2O2S. The monoisotopic (exact) mass is 282 g/mol. The van der Waals surface area contributed by atoms with Crippen molar-refractivity contribution in [2.45, 2.75) is 25.3 Å². The number of rotatable bonds is 5. The zero-order valence-corrected chi connectivity index (χ0v) is 12.2. The van der Waals surface area contributed by atoms with Gasteiger partial charge in [0.1, 0.15) is 0 Å². The number of nitrogens with zero attached hydrogens (tertiary/aromatic N) is 1. The molecule has 4 nitrogen and oxygen atoms in total. The highest BCUT2D eigenvalue weighted by Gasteiger charge is 2.26. The molecule has 0 spiro atoms. The van der Waals surface area contributed by atoms with Gasteiger partial charge in [-0.15, -0.1) is 0 Å². The van der Waals surface area contributed by atoms with E-state index >= 15 is 0 Å². The lowest BCUT2D eigenvalue weighted by atomic mass is 10.1. The topological polar surface area (TPSA) is 49.4 Å². The lowest BCUT2D eigenvalue weighted by molar-refractivity contribution is 0.296. The molecule has 1 heterocycles. The van der Waals surface area contributed by atoms with Crippen LogP contribution in [0.25, 0.3) is 0 Å². The molecule has 1 fully saturated rings. The molecule has 1 aromatic rings. The van der Waals surface area contributed by atoms with Gasteiger partial charge >= 0.3 is 0 Å². The fraction of sp³-hybridized carbons (Fsp3) is 0.571. The van der Waals surface area contributed by atoms with Crippen molar-refractivity contribution in [1.82, 2.24) is 9.62 Å². The van der Waals surface area contributed by atoms with Crippen LogP contribution >= 0.6 is 0 Å². The summed E-state index contributed by atoms with van der Waals surface area (Å²) in [4.78, 5) is 0. The molecule has 0 bridgehead atoms. The lowest BCUT2D eigenvalue weighted by Crippen LogP contribution is -2.44. The van der Waals surface area contributed by atoms with Gasteiger partial charge in [0, 0.05) is 13.1 Å². The molecule has 0 aromatic heterocycles. The maximum Gasteiger partial charge on any atom is 0.214 e. The molecule has 1 aliphatic heterocycles. The Morgan fingerprint density at radius 1 is 1.21 bits per heavy atom. The predicted molar refractivity (Wildman–Crippen MR) is 77.6 cm³/mol. The van der Waals surface area contributed by atoms with Crippen molar-refractivity contribution in [3.8, 4) is 0 Å². The first-order valence-corrected chi connectivity index (χ1v) is 8.41. The van der Waals surface area contributed by atoms with Gasteiger partial charge in [0.05, 0.1) is 5.75 Å². The fourth-order valence-corrected chi connectivity index (χ4v) is 3.88. The largest absolute Gasteiger partial charge is 0.317 e. The van der Waals surface area contributed by atoms with Crippen LogP contribution < -0.4 is 5.32 Å². The number of aryl methyl sites for hydroxylation is 1. The van der Waals surface area contributed by atoms with Crippen LogP contribution in [0.1, 0.15) is 18.4 Å². The van der Waals surface area contributed by atoms with Crippen LogP contribution in [0, 0.1) is 0 Å². The maximum atomic E-state index is 12.3. The van der Waals surface area contributed by atoms with Crippen LogP contribution in [0.2, 0.25) is 0 Å². The van der Waals surface area contributed by atoms with E-state index in [-0.39, 0.29) is 11.8 Å². The van der Waals surface area contributed by atoms with Crippen molar-refractivity contribution in [2.24, 2.45) is 0 Å². The van der Waals surface area contributed by atoms with Gasteiger partial charge in [-0.2, -0.15) is 0 Å². The average molecular weight is 282 g/mol. The molecule has 106 valence electrons. The van der Waals surface area contributed by atoms with E-state index in [4.69, 9.17) is 0 Å². The van der Waals surface area contributed by atoms with Crippen LogP contribution in [0.3, 0.4) is 0 Å². The molecule has 1 saturated heterocycles. The van der Waals surface area contributed by atoms with E-state index in [0.717, 1.165) is 31.5 Å². The molecule has 0 unspecified atom stereocenters. The number of benzene rings is 1. The van der Waals surface area contributed by atoms with Crippen molar-refractivity contribution in [2.75, 3.05) is 25.9 Å². The van der Waals surface area contributed by atoms with Gasteiger partial charge in [-0.3, -0.25) is 0 Å². The van der Waals surface area contributed by atoms with Crippen LogP contribution in [-0.2, 0) is 16.4 Å². The zero-order chi connectivity index (χ0) is 13.7. The summed E-state index contributed by atoms with van der Waals surface area (Å²) in [5.74, 6) is 0.192. The van der Waals surface area contributed by atoms with Crippen LogP contribution in [-0.4, -0.2) is 44.7 Å². The smallest absolute Gasteiger partial charge is 0.214 e. The molecule has 1 aliphatic rings. The second kappa shape index (κ2) is 6.50. The minimum absolute atomic E-state index is 0.155. The van der Waals surface area contributed by atoms with Crippen molar-refractivity contribution >= 4 is 10.0 Å². The summed E-state index contributed by atoms with van der Waals surface area (Å²) in [5, 5.41) is 3.26. The normalized spacial score (nSPS) is 17.8. The Hall–Kier alpha value is -0.910. The number of sulfonamides is 1. The third-order valence-electron chi connectivity index (χ3n) is 3.75. The first-order chi connectivity index (χ1) is 9.09. The summed E-state index contributed by atoms with van der Waals surface area (Å²) in [7, 11) is -1.43. The number of hydrogen-bond acceptors (Lipinski definition) is 3. The molecule has 19 heavy (non-hydrogen) atoms. The van der Waals surface area contributed by atoms with Gasteiger partial charge < -0.3 is 5.32 Å². The summed E-state index contributed by atoms with van der Waals surface area (Å²) in [6, 6.07) is 9.93. The second-order valence-corrected chi connectivity index (χ2v) is 7.20. The summed E-state index contributed by atoms with van der Waals surface area (Å²) < 4.78 is 26.2. The lowest BCUT2D eigenvalue weighted by Gasteiger charge is -2.30. The number of piperidine rings is 1.